The summed E-state index contributed by atoms with van der Waals surface area (Å²) in [6.45, 7) is 0.998. The summed E-state index contributed by atoms with van der Waals surface area (Å²) in [4.78, 5) is 1.17. The number of hydrogen-bond donors (Lipinski definition) is 2. The molecule has 0 spiro atoms. The molecule has 0 bridgehead atoms. The van der Waals surface area contributed by atoms with E-state index in [1.165, 1.54) is 10.9 Å². The van der Waals surface area contributed by atoms with E-state index in [2.05, 4.69) is 21.2 Å². The molecule has 1 unspecified atom stereocenters. The minimum atomic E-state index is -0.824. The number of thiophene rings is 1. The van der Waals surface area contributed by atoms with Crippen LogP contribution in [0, 0.1) is 5.82 Å². The summed E-state index contributed by atoms with van der Waals surface area (Å²) in [6, 6.07) is 10.3. The Bertz CT molecular complexity index is 517. The Morgan fingerprint density at radius 3 is 2.72 bits per heavy atom. The number of hydrogen-bond acceptors (Lipinski definition) is 3. The molecule has 2 nitrogen and oxygen atoms in total. The lowest BCUT2D eigenvalue weighted by Gasteiger charge is -2.12. The van der Waals surface area contributed by atoms with Crippen molar-refractivity contribution in [3.05, 3.63) is 56.4 Å². The topological polar surface area (TPSA) is 32.3 Å². The van der Waals surface area contributed by atoms with Gasteiger partial charge in [-0.25, -0.2) is 4.39 Å². The summed E-state index contributed by atoms with van der Waals surface area (Å²) < 4.78 is 14.5. The van der Waals surface area contributed by atoms with Crippen molar-refractivity contribution in [1.29, 1.82) is 0 Å². The maximum atomic E-state index is 13.4. The largest absolute Gasteiger partial charge is 0.387 e. The Kier molecular flexibility index (Phi) is 4.88. The highest BCUT2D eigenvalue weighted by Crippen LogP contribution is 2.22. The van der Waals surface area contributed by atoms with Crippen molar-refractivity contribution in [2.75, 3.05) is 6.54 Å². The number of rotatable bonds is 5. The summed E-state index contributed by atoms with van der Waals surface area (Å²) in [6.07, 6.45) is -0.824. The minimum absolute atomic E-state index is 0.330. The molecule has 1 aromatic carbocycles. The monoisotopic (exact) mass is 329 g/mol. The van der Waals surface area contributed by atoms with Crippen LogP contribution < -0.4 is 5.32 Å². The maximum Gasteiger partial charge on any atom is 0.129 e. The molecule has 1 aromatic heterocycles. The lowest BCUT2D eigenvalue weighted by atomic mass is 10.1. The predicted octanol–water partition coefficient (Wildman–Crippen LogP) is 3.47. The van der Waals surface area contributed by atoms with Crippen LogP contribution in [-0.4, -0.2) is 11.7 Å². The van der Waals surface area contributed by atoms with Crippen molar-refractivity contribution in [2.24, 2.45) is 0 Å². The highest BCUT2D eigenvalue weighted by Gasteiger charge is 2.11. The van der Waals surface area contributed by atoms with Crippen LogP contribution in [0.2, 0.25) is 0 Å². The molecular formula is C13H13BrFNOS. The zero-order chi connectivity index (χ0) is 13.0. The first-order chi connectivity index (χ1) is 8.66. The standard InChI is InChI=1S/C13H13BrFNOS/c14-13-6-5-9(18-13)7-16-8-12(17)10-3-1-2-4-11(10)15/h1-6,12,16-17H,7-8H2. The molecule has 2 rings (SSSR count). The number of benzene rings is 1. The van der Waals surface area contributed by atoms with Gasteiger partial charge in [0.05, 0.1) is 9.89 Å². The fourth-order valence-electron chi connectivity index (χ4n) is 1.63. The Balaban J connectivity index is 1.85. The fraction of sp³-hybridized carbons (Fsp3) is 0.231. The second-order valence-corrected chi connectivity index (χ2v) is 6.42. The van der Waals surface area contributed by atoms with Gasteiger partial charge in [0, 0.05) is 23.5 Å². The van der Waals surface area contributed by atoms with Gasteiger partial charge in [-0.1, -0.05) is 18.2 Å². The van der Waals surface area contributed by atoms with Crippen molar-refractivity contribution in [3.8, 4) is 0 Å². The van der Waals surface area contributed by atoms with Crippen molar-refractivity contribution >= 4 is 27.3 Å². The van der Waals surface area contributed by atoms with Crippen LogP contribution in [0.5, 0.6) is 0 Å². The summed E-state index contributed by atoms with van der Waals surface area (Å²) in [7, 11) is 0. The lowest BCUT2D eigenvalue weighted by molar-refractivity contribution is 0.170. The number of halogens is 2. The molecule has 1 atom stereocenters. The fourth-order valence-corrected chi connectivity index (χ4v) is 3.09. The van der Waals surface area contributed by atoms with E-state index in [0.29, 0.717) is 18.7 Å². The van der Waals surface area contributed by atoms with Crippen LogP contribution in [-0.2, 0) is 6.54 Å². The molecule has 5 heteroatoms. The first kappa shape index (κ1) is 13.7. The number of aliphatic hydroxyl groups excluding tert-OH is 1. The molecule has 2 N–H and O–H groups in total. The molecule has 0 radical (unpaired) electrons. The predicted molar refractivity (Wildman–Crippen MR) is 75.1 cm³/mol. The van der Waals surface area contributed by atoms with Gasteiger partial charge >= 0.3 is 0 Å². The van der Waals surface area contributed by atoms with Crippen LogP contribution in [0.1, 0.15) is 16.5 Å². The van der Waals surface area contributed by atoms with Gasteiger partial charge in [0.2, 0.25) is 0 Å². The SMILES string of the molecule is OC(CNCc1ccc(Br)s1)c1ccccc1F. The van der Waals surface area contributed by atoms with Gasteiger partial charge in [-0.05, 0) is 34.1 Å². The van der Waals surface area contributed by atoms with Crippen molar-refractivity contribution in [1.82, 2.24) is 5.32 Å². The average molecular weight is 330 g/mol. The summed E-state index contributed by atoms with van der Waals surface area (Å²) >= 11 is 5.03. The third kappa shape index (κ3) is 3.62. The molecular weight excluding hydrogens is 317 g/mol. The highest BCUT2D eigenvalue weighted by molar-refractivity contribution is 9.11. The average Bonchev–Trinajstić information content (AvgIpc) is 2.75. The highest BCUT2D eigenvalue weighted by atomic mass is 79.9. The minimum Gasteiger partial charge on any atom is -0.387 e. The molecule has 0 saturated carbocycles. The quantitative estimate of drug-likeness (QED) is 0.880. The van der Waals surface area contributed by atoms with Gasteiger partial charge in [-0.15, -0.1) is 11.3 Å². The van der Waals surface area contributed by atoms with E-state index in [9.17, 15) is 9.50 Å². The van der Waals surface area contributed by atoms with Gasteiger partial charge in [0.25, 0.3) is 0 Å². The molecule has 0 aliphatic rings. The molecule has 0 aliphatic heterocycles. The zero-order valence-corrected chi connectivity index (χ0v) is 12.0. The Morgan fingerprint density at radius 2 is 2.06 bits per heavy atom. The Labute approximate surface area is 118 Å². The number of nitrogens with one attached hydrogen (secondary N) is 1. The first-order valence-electron chi connectivity index (χ1n) is 5.54. The molecule has 0 saturated heterocycles. The van der Waals surface area contributed by atoms with Gasteiger partial charge < -0.3 is 10.4 Å². The molecule has 0 fully saturated rings. The summed E-state index contributed by atoms with van der Waals surface area (Å²) in [5.74, 6) is -0.370. The van der Waals surface area contributed by atoms with Crippen molar-refractivity contribution < 1.29 is 9.50 Å². The van der Waals surface area contributed by atoms with E-state index in [-0.39, 0.29) is 5.82 Å². The van der Waals surface area contributed by atoms with Gasteiger partial charge in [-0.2, -0.15) is 0 Å². The van der Waals surface area contributed by atoms with Crippen LogP contribution in [0.25, 0.3) is 0 Å². The van der Waals surface area contributed by atoms with Crippen LogP contribution in [0.3, 0.4) is 0 Å². The molecule has 0 amide bonds. The molecule has 18 heavy (non-hydrogen) atoms. The van der Waals surface area contributed by atoms with Gasteiger partial charge in [0.1, 0.15) is 5.82 Å². The van der Waals surface area contributed by atoms with E-state index in [4.69, 9.17) is 0 Å². The van der Waals surface area contributed by atoms with E-state index in [1.807, 2.05) is 12.1 Å². The van der Waals surface area contributed by atoms with Crippen molar-refractivity contribution in [2.45, 2.75) is 12.6 Å². The van der Waals surface area contributed by atoms with Gasteiger partial charge in [-0.3, -0.25) is 0 Å². The zero-order valence-electron chi connectivity index (χ0n) is 9.57. The van der Waals surface area contributed by atoms with Gasteiger partial charge in [0.15, 0.2) is 0 Å². The summed E-state index contributed by atoms with van der Waals surface area (Å²) in [5.41, 5.74) is 0.331. The molecule has 2 aromatic rings. The third-order valence-corrected chi connectivity index (χ3v) is 4.15. The Hall–Kier alpha value is -0.750. The molecule has 1 heterocycles. The van der Waals surface area contributed by atoms with E-state index in [0.717, 1.165) is 3.79 Å². The molecule has 96 valence electrons. The van der Waals surface area contributed by atoms with Crippen LogP contribution in [0.4, 0.5) is 4.39 Å². The number of aliphatic hydroxyl groups is 1. The normalized spacial score (nSPS) is 12.6. The summed E-state index contributed by atoms with van der Waals surface area (Å²) in [5, 5.41) is 13.0. The van der Waals surface area contributed by atoms with Crippen molar-refractivity contribution in [3.63, 3.8) is 0 Å². The second kappa shape index (κ2) is 6.43. The Morgan fingerprint density at radius 1 is 1.28 bits per heavy atom. The second-order valence-electron chi connectivity index (χ2n) is 3.87. The van der Waals surface area contributed by atoms with Crippen LogP contribution in [0.15, 0.2) is 40.2 Å². The van der Waals surface area contributed by atoms with E-state index < -0.39 is 6.10 Å². The van der Waals surface area contributed by atoms with Crippen LogP contribution >= 0.6 is 27.3 Å². The molecule has 0 aliphatic carbocycles. The first-order valence-corrected chi connectivity index (χ1v) is 7.15. The lowest BCUT2D eigenvalue weighted by Crippen LogP contribution is -2.21. The van der Waals surface area contributed by atoms with E-state index >= 15 is 0 Å². The van der Waals surface area contributed by atoms with E-state index in [1.54, 1.807) is 29.5 Å². The smallest absolute Gasteiger partial charge is 0.129 e. The maximum absolute atomic E-state index is 13.4. The third-order valence-electron chi connectivity index (χ3n) is 2.53.